The first-order chi connectivity index (χ1) is 7.88. The van der Waals surface area contributed by atoms with E-state index < -0.39 is 17.7 Å². The van der Waals surface area contributed by atoms with Crippen molar-refractivity contribution < 1.29 is 22.7 Å². The molecule has 0 unspecified atom stereocenters. The number of aromatic amines is 1. The van der Waals surface area contributed by atoms with Gasteiger partial charge in [0.25, 0.3) is 0 Å². The Bertz CT molecular complexity index is 574. The molecule has 1 aromatic heterocycles. The number of ether oxygens (including phenoxy) is 1. The van der Waals surface area contributed by atoms with Gasteiger partial charge in [0.2, 0.25) is 0 Å². The predicted molar refractivity (Wildman–Crippen MR) is 52.4 cm³/mol. The molecule has 0 atom stereocenters. The summed E-state index contributed by atoms with van der Waals surface area (Å²) in [6.07, 6.45) is -4.50. The number of para-hydroxylation sites is 1. The van der Waals surface area contributed by atoms with Gasteiger partial charge in [-0.15, -0.1) is 0 Å². The van der Waals surface area contributed by atoms with Crippen LogP contribution >= 0.6 is 0 Å². The van der Waals surface area contributed by atoms with E-state index in [-0.39, 0.29) is 17.0 Å². The van der Waals surface area contributed by atoms with Crippen molar-refractivity contribution in [3.8, 4) is 6.01 Å². The molecule has 7 heteroatoms. The van der Waals surface area contributed by atoms with Gasteiger partial charge < -0.3 is 9.72 Å². The number of H-pyrrole nitrogens is 1. The van der Waals surface area contributed by atoms with E-state index in [0.717, 1.165) is 13.0 Å². The van der Waals surface area contributed by atoms with Crippen molar-refractivity contribution in [3.63, 3.8) is 0 Å². The van der Waals surface area contributed by atoms with Crippen LogP contribution in [0.15, 0.2) is 18.2 Å². The third-order valence-corrected chi connectivity index (χ3v) is 2.04. The van der Waals surface area contributed by atoms with Crippen LogP contribution in [0.25, 0.3) is 11.0 Å². The van der Waals surface area contributed by atoms with Gasteiger partial charge in [-0.05, 0) is 12.1 Å². The van der Waals surface area contributed by atoms with Crippen molar-refractivity contribution in [1.29, 1.82) is 0 Å². The van der Waals surface area contributed by atoms with Gasteiger partial charge in [-0.25, -0.2) is 0 Å². The Morgan fingerprint density at radius 1 is 1.41 bits per heavy atom. The second-order valence-electron chi connectivity index (χ2n) is 3.34. The lowest BCUT2D eigenvalue weighted by molar-refractivity contribution is -0.136. The van der Waals surface area contributed by atoms with Crippen molar-refractivity contribution in [1.82, 2.24) is 9.97 Å². The molecule has 0 aliphatic carbocycles. The summed E-state index contributed by atoms with van der Waals surface area (Å²) in [7, 11) is 0. The molecule has 1 aromatic carbocycles. The van der Waals surface area contributed by atoms with E-state index in [1.807, 2.05) is 0 Å². The van der Waals surface area contributed by atoms with Crippen LogP contribution in [0.3, 0.4) is 0 Å². The summed E-state index contributed by atoms with van der Waals surface area (Å²) in [4.78, 5) is 16.8. The topological polar surface area (TPSA) is 55.0 Å². The van der Waals surface area contributed by atoms with Gasteiger partial charge in [-0.1, -0.05) is 6.07 Å². The minimum Gasteiger partial charge on any atom is -0.392 e. The smallest absolute Gasteiger partial charge is 0.392 e. The molecule has 0 saturated heterocycles. The fourth-order valence-corrected chi connectivity index (χ4v) is 1.42. The zero-order valence-corrected chi connectivity index (χ0v) is 8.63. The number of aromatic nitrogens is 2. The molecule has 1 heterocycles. The molecule has 2 aromatic rings. The lowest BCUT2D eigenvalue weighted by atomic mass is 10.2. The Labute approximate surface area is 93.4 Å². The number of fused-ring (bicyclic) bond motifs is 1. The van der Waals surface area contributed by atoms with Crippen molar-refractivity contribution in [2.45, 2.75) is 13.1 Å². The van der Waals surface area contributed by atoms with E-state index >= 15 is 0 Å². The number of imidazole rings is 1. The maximum absolute atomic E-state index is 12.6. The monoisotopic (exact) mass is 244 g/mol. The van der Waals surface area contributed by atoms with Crippen LogP contribution < -0.4 is 4.74 Å². The van der Waals surface area contributed by atoms with Gasteiger partial charge in [0.05, 0.1) is 11.1 Å². The van der Waals surface area contributed by atoms with E-state index in [1.165, 1.54) is 12.1 Å². The van der Waals surface area contributed by atoms with Crippen LogP contribution in [0.4, 0.5) is 13.2 Å². The van der Waals surface area contributed by atoms with Gasteiger partial charge >= 0.3 is 18.2 Å². The lowest BCUT2D eigenvalue weighted by Crippen LogP contribution is -2.05. The molecule has 17 heavy (non-hydrogen) atoms. The van der Waals surface area contributed by atoms with E-state index in [4.69, 9.17) is 0 Å². The maximum Gasteiger partial charge on any atom is 0.418 e. The van der Waals surface area contributed by atoms with Crippen LogP contribution in [0.5, 0.6) is 6.01 Å². The summed E-state index contributed by atoms with van der Waals surface area (Å²) in [5.41, 5.74) is -0.975. The molecule has 4 nitrogen and oxygen atoms in total. The van der Waals surface area contributed by atoms with Crippen molar-refractivity contribution in [2.75, 3.05) is 0 Å². The highest BCUT2D eigenvalue weighted by molar-refractivity contribution is 5.80. The van der Waals surface area contributed by atoms with Crippen LogP contribution in [0, 0.1) is 0 Å². The zero-order chi connectivity index (χ0) is 12.6. The van der Waals surface area contributed by atoms with Crippen LogP contribution in [0.1, 0.15) is 12.5 Å². The van der Waals surface area contributed by atoms with Gasteiger partial charge in [0.1, 0.15) is 5.52 Å². The molecule has 0 aliphatic rings. The van der Waals surface area contributed by atoms with Gasteiger partial charge in [-0.3, -0.25) is 4.79 Å². The molecule has 1 N–H and O–H groups in total. The molecule has 0 spiro atoms. The summed E-state index contributed by atoms with van der Waals surface area (Å²) >= 11 is 0. The lowest BCUT2D eigenvalue weighted by Gasteiger charge is -2.05. The van der Waals surface area contributed by atoms with Crippen molar-refractivity contribution in [3.05, 3.63) is 23.8 Å². The Hall–Kier alpha value is -2.05. The normalized spacial score (nSPS) is 11.8. The van der Waals surface area contributed by atoms with E-state index in [1.54, 1.807) is 0 Å². The van der Waals surface area contributed by atoms with E-state index in [0.29, 0.717) is 0 Å². The maximum atomic E-state index is 12.6. The number of nitrogens with zero attached hydrogens (tertiary/aromatic N) is 1. The Morgan fingerprint density at radius 3 is 2.71 bits per heavy atom. The zero-order valence-electron chi connectivity index (χ0n) is 8.63. The molecule has 90 valence electrons. The Kier molecular flexibility index (Phi) is 2.53. The molecule has 2 rings (SSSR count). The fraction of sp³-hybridized carbons (Fsp3) is 0.200. The number of carbonyl (C=O) groups is 1. The summed E-state index contributed by atoms with van der Waals surface area (Å²) in [5, 5.41) is 0. The number of hydrogen-bond acceptors (Lipinski definition) is 3. The standard InChI is InChI=1S/C10H7F3N2O2/c1-5(16)17-9-14-7-4-2-3-6(8(7)15-9)10(11,12)13/h2-4H,1H3,(H,14,15). The predicted octanol–water partition coefficient (Wildman–Crippen LogP) is 2.51. The molecule has 0 aliphatic heterocycles. The molecule has 0 fully saturated rings. The average molecular weight is 244 g/mol. The minimum atomic E-state index is -4.50. The van der Waals surface area contributed by atoms with Crippen LogP contribution in [0.2, 0.25) is 0 Å². The highest BCUT2D eigenvalue weighted by atomic mass is 19.4. The first-order valence-electron chi connectivity index (χ1n) is 4.62. The molecule has 0 radical (unpaired) electrons. The second kappa shape index (κ2) is 3.76. The number of esters is 1. The van der Waals surface area contributed by atoms with E-state index in [2.05, 4.69) is 14.7 Å². The Balaban J connectivity index is 2.57. The molecular formula is C10H7F3N2O2. The van der Waals surface area contributed by atoms with Gasteiger partial charge in [0.15, 0.2) is 0 Å². The SMILES string of the molecule is CC(=O)Oc1nc2c(C(F)(F)F)cccc2[nH]1. The van der Waals surface area contributed by atoms with E-state index in [9.17, 15) is 18.0 Å². The number of hydrogen-bond donors (Lipinski definition) is 1. The molecule has 0 bridgehead atoms. The quantitative estimate of drug-likeness (QED) is 0.784. The molecule has 0 saturated carbocycles. The first-order valence-corrected chi connectivity index (χ1v) is 4.62. The number of nitrogens with one attached hydrogen (secondary N) is 1. The number of alkyl halides is 3. The number of halogens is 3. The highest BCUT2D eigenvalue weighted by Gasteiger charge is 2.33. The van der Waals surface area contributed by atoms with Crippen molar-refractivity contribution >= 4 is 17.0 Å². The molecular weight excluding hydrogens is 237 g/mol. The Morgan fingerprint density at radius 2 is 2.12 bits per heavy atom. The third-order valence-electron chi connectivity index (χ3n) is 2.04. The minimum absolute atomic E-state index is 0.163. The number of rotatable bonds is 1. The van der Waals surface area contributed by atoms with Crippen LogP contribution in [-0.4, -0.2) is 15.9 Å². The average Bonchev–Trinajstić information content (AvgIpc) is 2.55. The van der Waals surface area contributed by atoms with Gasteiger partial charge in [0, 0.05) is 6.92 Å². The van der Waals surface area contributed by atoms with Crippen LogP contribution in [-0.2, 0) is 11.0 Å². The summed E-state index contributed by atoms with van der Waals surface area (Å²) in [5.74, 6) is -0.655. The first kappa shape index (κ1) is 11.4. The summed E-state index contributed by atoms with van der Waals surface area (Å²) in [6, 6.07) is 3.34. The summed E-state index contributed by atoms with van der Waals surface area (Å²) in [6.45, 7) is 1.14. The second-order valence-corrected chi connectivity index (χ2v) is 3.34. The van der Waals surface area contributed by atoms with Gasteiger partial charge in [-0.2, -0.15) is 18.2 Å². The fourth-order valence-electron chi connectivity index (χ4n) is 1.42. The largest absolute Gasteiger partial charge is 0.418 e. The number of benzene rings is 1. The highest BCUT2D eigenvalue weighted by Crippen LogP contribution is 2.34. The molecule has 0 amide bonds. The van der Waals surface area contributed by atoms with Crippen molar-refractivity contribution in [2.24, 2.45) is 0 Å². The number of carbonyl (C=O) groups excluding carboxylic acids is 1. The third kappa shape index (κ3) is 2.22. The summed E-state index contributed by atoms with van der Waals surface area (Å²) < 4.78 is 42.5.